The van der Waals surface area contributed by atoms with E-state index >= 15 is 0 Å². The Morgan fingerprint density at radius 3 is 2.28 bits per heavy atom. The Morgan fingerprint density at radius 1 is 1.00 bits per heavy atom. The maximum atomic E-state index is 13.8. The average Bonchev–Trinajstić information content (AvgIpc) is 3.13. The van der Waals surface area contributed by atoms with E-state index in [9.17, 15) is 14.4 Å². The fraction of sp³-hybridized carbons (Fsp3) is 0.464. The number of carbonyl (C=O) groups is 3. The summed E-state index contributed by atoms with van der Waals surface area (Å²) in [5.41, 5.74) is 3.16. The van der Waals surface area contributed by atoms with Crippen LogP contribution >= 0.6 is 0 Å². The van der Waals surface area contributed by atoms with Crippen molar-refractivity contribution >= 4 is 29.2 Å². The van der Waals surface area contributed by atoms with Gasteiger partial charge in [-0.25, -0.2) is 4.79 Å². The van der Waals surface area contributed by atoms with Gasteiger partial charge in [0.25, 0.3) is 5.91 Å². The molecule has 4 amide bonds. The van der Waals surface area contributed by atoms with E-state index in [-0.39, 0.29) is 24.4 Å². The molecule has 0 aliphatic carbocycles. The molecule has 8 heteroatoms. The SMILES string of the molecule is CCN(CC)C(=O)CN1CN(c2ccccc2)C2(CCN(C(=O)Nc3ccc(C)cc3C)CC2)C1=O. The third kappa shape index (κ3) is 4.90. The summed E-state index contributed by atoms with van der Waals surface area (Å²) in [4.78, 5) is 47.1. The van der Waals surface area contributed by atoms with E-state index in [0.29, 0.717) is 45.7 Å². The van der Waals surface area contributed by atoms with Crippen molar-refractivity contribution in [2.24, 2.45) is 0 Å². The van der Waals surface area contributed by atoms with Crippen LogP contribution < -0.4 is 10.2 Å². The van der Waals surface area contributed by atoms with Gasteiger partial charge in [-0.2, -0.15) is 0 Å². The zero-order chi connectivity index (χ0) is 25.9. The Kier molecular flexibility index (Phi) is 7.52. The molecule has 0 unspecified atom stereocenters. The molecule has 0 saturated carbocycles. The van der Waals surface area contributed by atoms with Crippen LogP contribution in [-0.2, 0) is 9.59 Å². The Balaban J connectivity index is 1.51. The topological polar surface area (TPSA) is 76.2 Å². The summed E-state index contributed by atoms with van der Waals surface area (Å²) in [6, 6.07) is 15.7. The highest BCUT2D eigenvalue weighted by Gasteiger charge is 2.54. The number of benzene rings is 2. The molecule has 192 valence electrons. The average molecular weight is 492 g/mol. The normalized spacial score (nSPS) is 17.0. The summed E-state index contributed by atoms with van der Waals surface area (Å²) in [6.45, 7) is 10.5. The smallest absolute Gasteiger partial charge is 0.321 e. The highest BCUT2D eigenvalue weighted by atomic mass is 16.2. The van der Waals surface area contributed by atoms with Crippen LogP contribution in [0.25, 0.3) is 0 Å². The van der Waals surface area contributed by atoms with Crippen molar-refractivity contribution < 1.29 is 14.4 Å². The number of rotatable bonds is 6. The van der Waals surface area contributed by atoms with Crippen molar-refractivity contribution in [1.29, 1.82) is 0 Å². The first kappa shape index (κ1) is 25.5. The molecular formula is C28H37N5O3. The van der Waals surface area contributed by atoms with E-state index in [1.807, 2.05) is 76.2 Å². The van der Waals surface area contributed by atoms with Crippen LogP contribution in [0.5, 0.6) is 0 Å². The first-order valence-electron chi connectivity index (χ1n) is 12.8. The highest BCUT2D eigenvalue weighted by Crippen LogP contribution is 2.39. The van der Waals surface area contributed by atoms with Gasteiger partial charge in [-0.1, -0.05) is 35.9 Å². The van der Waals surface area contributed by atoms with Crippen LogP contribution in [0, 0.1) is 13.8 Å². The van der Waals surface area contributed by atoms with Crippen molar-refractivity contribution in [1.82, 2.24) is 14.7 Å². The molecule has 2 aromatic rings. The van der Waals surface area contributed by atoms with Crippen LogP contribution in [0.3, 0.4) is 0 Å². The summed E-state index contributed by atoms with van der Waals surface area (Å²) in [7, 11) is 0. The second-order valence-electron chi connectivity index (χ2n) is 9.74. The Hall–Kier alpha value is -3.55. The molecule has 1 N–H and O–H groups in total. The number of nitrogens with zero attached hydrogens (tertiary/aromatic N) is 4. The highest BCUT2D eigenvalue weighted by molar-refractivity contribution is 5.97. The van der Waals surface area contributed by atoms with Gasteiger partial charge >= 0.3 is 6.03 Å². The molecule has 4 rings (SSSR count). The summed E-state index contributed by atoms with van der Waals surface area (Å²) < 4.78 is 0. The number of carbonyl (C=O) groups excluding carboxylic acids is 3. The number of hydrogen-bond acceptors (Lipinski definition) is 4. The molecule has 2 aromatic carbocycles. The van der Waals surface area contributed by atoms with E-state index in [1.54, 1.807) is 14.7 Å². The minimum Gasteiger partial charge on any atom is -0.342 e. The standard InChI is InChI=1S/C28H37N5O3/c1-5-30(6-2)25(34)19-32-20-33(23-10-8-7-9-11-23)28(26(32)35)14-16-31(17-15-28)27(36)29-24-13-12-21(3)18-22(24)4/h7-13,18H,5-6,14-17,19-20H2,1-4H3,(H,29,36). The summed E-state index contributed by atoms with van der Waals surface area (Å²) in [5, 5.41) is 3.03. The lowest BCUT2D eigenvalue weighted by atomic mass is 9.85. The second-order valence-corrected chi connectivity index (χ2v) is 9.74. The molecule has 8 nitrogen and oxygen atoms in total. The van der Waals surface area contributed by atoms with Gasteiger partial charge in [-0.05, 0) is 64.3 Å². The first-order valence-corrected chi connectivity index (χ1v) is 12.8. The van der Waals surface area contributed by atoms with E-state index in [1.165, 1.54) is 0 Å². The number of aryl methyl sites for hydroxylation is 2. The van der Waals surface area contributed by atoms with E-state index in [0.717, 1.165) is 22.5 Å². The van der Waals surface area contributed by atoms with Gasteiger partial charge in [0, 0.05) is 37.6 Å². The van der Waals surface area contributed by atoms with Crippen LogP contribution in [0.4, 0.5) is 16.2 Å². The van der Waals surface area contributed by atoms with E-state index < -0.39 is 5.54 Å². The fourth-order valence-electron chi connectivity index (χ4n) is 5.39. The number of para-hydroxylation sites is 1. The van der Waals surface area contributed by atoms with Crippen molar-refractivity contribution in [3.63, 3.8) is 0 Å². The van der Waals surface area contributed by atoms with Gasteiger partial charge in [0.2, 0.25) is 5.91 Å². The third-order valence-electron chi connectivity index (χ3n) is 7.53. The lowest BCUT2D eigenvalue weighted by Gasteiger charge is -2.43. The molecule has 36 heavy (non-hydrogen) atoms. The summed E-state index contributed by atoms with van der Waals surface area (Å²) in [5.74, 6) is -0.0648. The molecule has 2 aliphatic rings. The third-order valence-corrected chi connectivity index (χ3v) is 7.53. The van der Waals surface area contributed by atoms with Gasteiger partial charge < -0.3 is 24.9 Å². The van der Waals surface area contributed by atoms with Gasteiger partial charge in [0.1, 0.15) is 12.1 Å². The number of piperidine rings is 1. The maximum Gasteiger partial charge on any atom is 0.321 e. The van der Waals surface area contributed by atoms with Crippen molar-refractivity contribution in [2.45, 2.75) is 46.1 Å². The Morgan fingerprint density at radius 2 is 1.67 bits per heavy atom. The second kappa shape index (κ2) is 10.6. The lowest BCUT2D eigenvalue weighted by Crippen LogP contribution is -2.58. The van der Waals surface area contributed by atoms with E-state index in [4.69, 9.17) is 0 Å². The van der Waals surface area contributed by atoms with Gasteiger partial charge in [-0.3, -0.25) is 9.59 Å². The van der Waals surface area contributed by atoms with Crippen molar-refractivity contribution in [3.8, 4) is 0 Å². The number of likely N-dealkylation sites (tertiary alicyclic amines) is 1. The number of anilines is 2. The quantitative estimate of drug-likeness (QED) is 0.666. The molecule has 0 bridgehead atoms. The number of likely N-dealkylation sites (N-methyl/N-ethyl adjacent to an activating group) is 1. The monoisotopic (exact) mass is 491 g/mol. The number of urea groups is 1. The molecule has 0 aromatic heterocycles. The predicted octanol–water partition coefficient (Wildman–Crippen LogP) is 3.84. The zero-order valence-electron chi connectivity index (χ0n) is 21.8. The molecule has 1 spiro atoms. The van der Waals surface area contributed by atoms with Gasteiger partial charge in [0.15, 0.2) is 0 Å². The first-order chi connectivity index (χ1) is 17.3. The molecule has 2 saturated heterocycles. The van der Waals surface area contributed by atoms with Crippen LogP contribution in [0.15, 0.2) is 48.5 Å². The fourth-order valence-corrected chi connectivity index (χ4v) is 5.39. The molecule has 2 fully saturated rings. The zero-order valence-corrected chi connectivity index (χ0v) is 21.8. The number of amides is 4. The lowest BCUT2D eigenvalue weighted by molar-refractivity contribution is -0.140. The Labute approximate surface area is 213 Å². The minimum atomic E-state index is -0.762. The molecule has 2 heterocycles. The van der Waals surface area contributed by atoms with Crippen LogP contribution in [0.2, 0.25) is 0 Å². The van der Waals surface area contributed by atoms with Crippen molar-refractivity contribution in [3.05, 3.63) is 59.7 Å². The van der Waals surface area contributed by atoms with Gasteiger partial charge in [-0.15, -0.1) is 0 Å². The van der Waals surface area contributed by atoms with Crippen LogP contribution in [0.1, 0.15) is 37.8 Å². The van der Waals surface area contributed by atoms with Crippen molar-refractivity contribution in [2.75, 3.05) is 49.6 Å². The minimum absolute atomic E-state index is 0.0266. The molecule has 0 atom stereocenters. The Bertz CT molecular complexity index is 1110. The van der Waals surface area contributed by atoms with E-state index in [2.05, 4.69) is 10.2 Å². The number of nitrogens with one attached hydrogen (secondary N) is 1. The number of hydrogen-bond donors (Lipinski definition) is 1. The van der Waals surface area contributed by atoms with Crippen LogP contribution in [-0.4, -0.2) is 77.5 Å². The van der Waals surface area contributed by atoms with Gasteiger partial charge in [0.05, 0.1) is 6.67 Å². The molecule has 2 aliphatic heterocycles. The summed E-state index contributed by atoms with van der Waals surface area (Å²) in [6.07, 6.45) is 1.02. The molecular weight excluding hydrogens is 454 g/mol. The molecule has 0 radical (unpaired) electrons. The summed E-state index contributed by atoms with van der Waals surface area (Å²) >= 11 is 0. The maximum absolute atomic E-state index is 13.8. The predicted molar refractivity (Wildman–Crippen MR) is 142 cm³/mol. The largest absolute Gasteiger partial charge is 0.342 e.